The van der Waals surface area contributed by atoms with E-state index in [1.54, 1.807) is 24.3 Å². The van der Waals surface area contributed by atoms with E-state index in [4.69, 9.17) is 22.7 Å². The van der Waals surface area contributed by atoms with Gasteiger partial charge in [-0.05, 0) is 48.5 Å². The van der Waals surface area contributed by atoms with Crippen LogP contribution in [0.15, 0.2) is 53.4 Å². The lowest BCUT2D eigenvalue weighted by atomic mass is 10.1. The summed E-state index contributed by atoms with van der Waals surface area (Å²) in [6.07, 6.45) is 0. The number of piperazine rings is 1. The Labute approximate surface area is 229 Å². The van der Waals surface area contributed by atoms with Crippen molar-refractivity contribution in [2.45, 2.75) is 17.9 Å². The molecule has 2 amide bonds. The minimum absolute atomic E-state index is 0.0150. The van der Waals surface area contributed by atoms with Gasteiger partial charge in [0, 0.05) is 42.8 Å². The van der Waals surface area contributed by atoms with Crippen molar-refractivity contribution < 1.29 is 32.3 Å². The number of anilines is 1. The highest BCUT2D eigenvalue weighted by Crippen LogP contribution is 2.18. The zero-order valence-electron chi connectivity index (χ0n) is 20.8. The van der Waals surface area contributed by atoms with Crippen LogP contribution in [0.1, 0.15) is 12.5 Å². The lowest BCUT2D eigenvalue weighted by molar-refractivity contribution is -0.159. The molecule has 1 heterocycles. The molecule has 5 N–H and O–H groups in total. The highest BCUT2D eigenvalue weighted by atomic mass is 35.5. The van der Waals surface area contributed by atoms with Gasteiger partial charge in [-0.1, -0.05) is 11.6 Å². The summed E-state index contributed by atoms with van der Waals surface area (Å²) < 4.78 is 32.1. The highest BCUT2D eigenvalue weighted by molar-refractivity contribution is 7.89. The number of nitrogens with two attached hydrogens (primary N) is 1. The van der Waals surface area contributed by atoms with Gasteiger partial charge in [-0.2, -0.15) is 4.72 Å². The molecule has 2 aromatic carbocycles. The number of nitrogen functional groups attached to an aromatic ring is 1. The van der Waals surface area contributed by atoms with Crippen LogP contribution in [0.3, 0.4) is 0 Å². The summed E-state index contributed by atoms with van der Waals surface area (Å²) in [6.45, 7) is 0.806. The molecule has 208 valence electrons. The number of amides is 2. The predicted molar refractivity (Wildman–Crippen MR) is 142 cm³/mol. The first-order valence-corrected chi connectivity index (χ1v) is 13.5. The van der Waals surface area contributed by atoms with Crippen molar-refractivity contribution in [3.63, 3.8) is 0 Å². The summed E-state index contributed by atoms with van der Waals surface area (Å²) in [5.41, 5.74) is 6.78. The predicted octanol–water partition coefficient (Wildman–Crippen LogP) is -0.174. The SMILES string of the molecule is CC(=O)OC(=O)[C@H](CNC(=O)CN1CCN(c2ccc(C(=N)N)cc2)CC1=O)NS(=O)(=O)c1ccc(Cl)cc1. The standard InChI is InChI=1S/C24H27ClN6O7S/c1-15(32)38-24(35)20(29-39(36,37)19-8-4-17(25)5-9-19)12-28-21(33)13-31-11-10-30(14-22(31)34)18-6-2-16(3-7-18)23(26)27/h2-9,20,29H,10-14H2,1H3,(H3,26,27)(H,28,33)/t20-/m0/s1. The molecular weight excluding hydrogens is 552 g/mol. The number of ether oxygens (including phenoxy) is 1. The molecular formula is C24H27ClN6O7S. The average Bonchev–Trinajstić information content (AvgIpc) is 2.87. The van der Waals surface area contributed by atoms with Crippen molar-refractivity contribution in [2.75, 3.05) is 37.6 Å². The number of nitrogens with one attached hydrogen (secondary N) is 3. The first-order chi connectivity index (χ1) is 18.4. The second kappa shape index (κ2) is 12.7. The molecule has 0 aliphatic carbocycles. The second-order valence-electron chi connectivity index (χ2n) is 8.54. The van der Waals surface area contributed by atoms with E-state index in [0.717, 1.165) is 12.6 Å². The highest BCUT2D eigenvalue weighted by Gasteiger charge is 2.30. The number of carbonyl (C=O) groups excluding carboxylic acids is 4. The van der Waals surface area contributed by atoms with Gasteiger partial charge < -0.3 is 25.6 Å². The van der Waals surface area contributed by atoms with E-state index in [1.807, 2.05) is 4.90 Å². The number of esters is 2. The number of halogens is 1. The van der Waals surface area contributed by atoms with Crippen LogP contribution in [0, 0.1) is 5.41 Å². The maximum Gasteiger partial charge on any atom is 0.333 e. The Bertz CT molecular complexity index is 1370. The van der Waals surface area contributed by atoms with Gasteiger partial charge in [0.2, 0.25) is 21.8 Å². The van der Waals surface area contributed by atoms with E-state index in [2.05, 4.69) is 14.8 Å². The Morgan fingerprint density at radius 2 is 1.74 bits per heavy atom. The number of amidine groups is 1. The molecule has 0 radical (unpaired) electrons. The molecule has 1 atom stereocenters. The molecule has 2 aromatic rings. The van der Waals surface area contributed by atoms with E-state index in [1.165, 1.54) is 29.2 Å². The van der Waals surface area contributed by atoms with E-state index >= 15 is 0 Å². The number of nitrogens with zero attached hydrogens (tertiary/aromatic N) is 2. The lowest BCUT2D eigenvalue weighted by Gasteiger charge is -2.35. The molecule has 1 fully saturated rings. The van der Waals surface area contributed by atoms with Crippen LogP contribution in [0.2, 0.25) is 5.02 Å². The van der Waals surface area contributed by atoms with Gasteiger partial charge in [-0.25, -0.2) is 13.2 Å². The van der Waals surface area contributed by atoms with Gasteiger partial charge in [0.15, 0.2) is 0 Å². The lowest BCUT2D eigenvalue weighted by Crippen LogP contribution is -2.54. The van der Waals surface area contributed by atoms with Crippen molar-refractivity contribution in [3.8, 4) is 0 Å². The Morgan fingerprint density at radius 1 is 1.10 bits per heavy atom. The number of hydrogen-bond donors (Lipinski definition) is 4. The smallest absolute Gasteiger partial charge is 0.333 e. The van der Waals surface area contributed by atoms with Crippen LogP contribution in [0.25, 0.3) is 0 Å². The third-order valence-corrected chi connectivity index (χ3v) is 7.39. The zero-order valence-corrected chi connectivity index (χ0v) is 22.4. The largest absolute Gasteiger partial charge is 0.392 e. The molecule has 0 unspecified atom stereocenters. The van der Waals surface area contributed by atoms with Gasteiger partial charge in [0.25, 0.3) is 0 Å². The van der Waals surface area contributed by atoms with E-state index in [9.17, 15) is 27.6 Å². The molecule has 39 heavy (non-hydrogen) atoms. The summed E-state index contributed by atoms with van der Waals surface area (Å²) >= 11 is 5.79. The fourth-order valence-electron chi connectivity index (χ4n) is 3.65. The Kier molecular flexibility index (Phi) is 9.61. The first kappa shape index (κ1) is 29.5. The summed E-state index contributed by atoms with van der Waals surface area (Å²) in [5.74, 6) is -3.19. The maximum absolute atomic E-state index is 12.7. The summed E-state index contributed by atoms with van der Waals surface area (Å²) in [4.78, 5) is 51.8. The maximum atomic E-state index is 12.7. The molecule has 1 aliphatic rings. The summed E-state index contributed by atoms with van der Waals surface area (Å²) in [7, 11) is -4.24. The van der Waals surface area contributed by atoms with Crippen LogP contribution >= 0.6 is 11.6 Å². The fourth-order valence-corrected chi connectivity index (χ4v) is 4.96. The van der Waals surface area contributed by atoms with Crippen molar-refractivity contribution in [2.24, 2.45) is 5.73 Å². The number of hydrogen-bond acceptors (Lipinski definition) is 9. The molecule has 3 rings (SSSR count). The van der Waals surface area contributed by atoms with Crippen LogP contribution in [-0.4, -0.2) is 81.7 Å². The van der Waals surface area contributed by atoms with Crippen LogP contribution in [0.4, 0.5) is 5.69 Å². The van der Waals surface area contributed by atoms with Gasteiger partial charge in [0.05, 0.1) is 18.0 Å². The molecule has 15 heteroatoms. The molecule has 0 spiro atoms. The Balaban J connectivity index is 1.59. The molecule has 0 saturated carbocycles. The van der Waals surface area contributed by atoms with Gasteiger partial charge >= 0.3 is 11.9 Å². The Hall–Kier alpha value is -4.01. The Morgan fingerprint density at radius 3 is 2.31 bits per heavy atom. The van der Waals surface area contributed by atoms with Crippen molar-refractivity contribution in [1.29, 1.82) is 5.41 Å². The molecule has 1 aliphatic heterocycles. The van der Waals surface area contributed by atoms with E-state index in [0.29, 0.717) is 17.1 Å². The van der Waals surface area contributed by atoms with Gasteiger partial charge in [-0.15, -0.1) is 0 Å². The first-order valence-electron chi connectivity index (χ1n) is 11.6. The number of benzene rings is 2. The molecule has 0 aromatic heterocycles. The van der Waals surface area contributed by atoms with Crippen molar-refractivity contribution >= 4 is 56.9 Å². The minimum Gasteiger partial charge on any atom is -0.392 e. The molecule has 0 bridgehead atoms. The number of carbonyl (C=O) groups is 4. The minimum atomic E-state index is -4.24. The quantitative estimate of drug-likeness (QED) is 0.128. The van der Waals surface area contributed by atoms with Crippen LogP contribution in [-0.2, 0) is 33.9 Å². The van der Waals surface area contributed by atoms with Crippen LogP contribution in [0.5, 0.6) is 0 Å². The van der Waals surface area contributed by atoms with Crippen LogP contribution < -0.4 is 20.7 Å². The fraction of sp³-hybridized carbons (Fsp3) is 0.292. The topological polar surface area (TPSA) is 192 Å². The normalized spacial score (nSPS) is 14.5. The average molecular weight is 579 g/mol. The van der Waals surface area contributed by atoms with E-state index in [-0.39, 0.29) is 36.3 Å². The molecule has 1 saturated heterocycles. The number of sulfonamides is 1. The third kappa shape index (κ3) is 8.24. The number of rotatable bonds is 10. The van der Waals surface area contributed by atoms with Gasteiger partial charge in [0.1, 0.15) is 11.9 Å². The summed E-state index contributed by atoms with van der Waals surface area (Å²) in [5, 5.41) is 10.2. The zero-order chi connectivity index (χ0) is 28.7. The second-order valence-corrected chi connectivity index (χ2v) is 10.7. The van der Waals surface area contributed by atoms with Gasteiger partial charge in [-0.3, -0.25) is 19.8 Å². The molecule has 13 nitrogen and oxygen atoms in total. The van der Waals surface area contributed by atoms with Crippen molar-refractivity contribution in [1.82, 2.24) is 14.9 Å². The monoisotopic (exact) mass is 578 g/mol. The van der Waals surface area contributed by atoms with Crippen molar-refractivity contribution in [3.05, 3.63) is 59.1 Å². The third-order valence-electron chi connectivity index (χ3n) is 5.65. The van der Waals surface area contributed by atoms with E-state index < -0.39 is 40.5 Å². The summed E-state index contributed by atoms with van der Waals surface area (Å²) in [6, 6.07) is 10.4.